The first-order chi connectivity index (χ1) is 8.99. The molecule has 0 saturated carbocycles. The molecular formula is C12H20N4O3. The van der Waals surface area contributed by atoms with Crippen molar-refractivity contribution >= 4 is 11.4 Å². The lowest BCUT2D eigenvalue weighted by Crippen LogP contribution is -2.33. The highest BCUT2D eigenvalue weighted by Gasteiger charge is 2.15. The smallest absolute Gasteiger partial charge is 0.269 e. The zero-order chi connectivity index (χ0) is 14.4. The highest BCUT2D eigenvalue weighted by molar-refractivity contribution is 5.55. The molecular weight excluding hydrogens is 248 g/mol. The molecule has 0 atom stereocenters. The van der Waals surface area contributed by atoms with Crippen molar-refractivity contribution < 1.29 is 10.0 Å². The van der Waals surface area contributed by atoms with Gasteiger partial charge in [0.15, 0.2) is 0 Å². The molecule has 7 heteroatoms. The van der Waals surface area contributed by atoms with Crippen LogP contribution in [0.15, 0.2) is 18.2 Å². The molecule has 1 aromatic rings. The number of rotatable bonds is 7. The number of nitro groups is 1. The van der Waals surface area contributed by atoms with Crippen LogP contribution in [-0.4, -0.2) is 34.1 Å². The Morgan fingerprint density at radius 2 is 2.21 bits per heavy atom. The topological polar surface area (TPSA) is 105 Å². The van der Waals surface area contributed by atoms with E-state index in [2.05, 4.69) is 5.43 Å². The number of hydrogen-bond acceptors (Lipinski definition) is 6. The van der Waals surface area contributed by atoms with Gasteiger partial charge in [-0.05, 0) is 25.5 Å². The number of nitrogen functional groups attached to an aromatic ring is 1. The number of hydrazine groups is 1. The van der Waals surface area contributed by atoms with E-state index in [0.717, 1.165) is 5.56 Å². The molecule has 0 bridgehead atoms. The molecule has 0 aliphatic carbocycles. The minimum Gasteiger partial charge on any atom is -0.395 e. The highest BCUT2D eigenvalue weighted by Crippen LogP contribution is 2.23. The summed E-state index contributed by atoms with van der Waals surface area (Å²) in [4.78, 5) is 12.4. The van der Waals surface area contributed by atoms with Gasteiger partial charge < -0.3 is 10.5 Å². The number of benzene rings is 1. The molecule has 7 nitrogen and oxygen atoms in total. The molecule has 0 radical (unpaired) electrons. The van der Waals surface area contributed by atoms with Gasteiger partial charge in [0, 0.05) is 31.3 Å². The van der Waals surface area contributed by atoms with Crippen molar-refractivity contribution in [1.29, 1.82) is 0 Å². The first kappa shape index (κ1) is 15.4. The van der Waals surface area contributed by atoms with E-state index in [9.17, 15) is 10.1 Å². The zero-order valence-electron chi connectivity index (χ0n) is 11.2. The maximum Gasteiger partial charge on any atom is 0.269 e. The fourth-order valence-electron chi connectivity index (χ4n) is 1.83. The summed E-state index contributed by atoms with van der Waals surface area (Å²) in [7, 11) is 0. The van der Waals surface area contributed by atoms with E-state index >= 15 is 0 Å². The van der Waals surface area contributed by atoms with Gasteiger partial charge in [-0.15, -0.1) is 0 Å². The first-order valence-electron chi connectivity index (χ1n) is 6.08. The van der Waals surface area contributed by atoms with Crippen molar-refractivity contribution in [3.05, 3.63) is 33.9 Å². The standard InChI is InChI=1S/C12H20N4O3/c1-9(2)15(5-6-17)8-10-7-11(16(18)19)3-4-12(10)14-13/h3-4,7,9,14,17H,5-6,8,13H2,1-2H3. The molecule has 0 unspecified atom stereocenters. The Hall–Kier alpha value is -1.70. The summed E-state index contributed by atoms with van der Waals surface area (Å²) in [6.45, 7) is 5.04. The summed E-state index contributed by atoms with van der Waals surface area (Å²) in [5.41, 5.74) is 3.95. The van der Waals surface area contributed by atoms with Crippen LogP contribution in [0.2, 0.25) is 0 Å². The van der Waals surface area contributed by atoms with Crippen molar-refractivity contribution in [2.75, 3.05) is 18.6 Å². The van der Waals surface area contributed by atoms with Crippen molar-refractivity contribution in [2.24, 2.45) is 5.84 Å². The number of hydrogen-bond donors (Lipinski definition) is 3. The Kier molecular flexibility index (Phi) is 5.68. The highest BCUT2D eigenvalue weighted by atomic mass is 16.6. The normalized spacial score (nSPS) is 11.1. The van der Waals surface area contributed by atoms with Gasteiger partial charge in [-0.3, -0.25) is 20.9 Å². The third-order valence-electron chi connectivity index (χ3n) is 2.95. The molecule has 0 aromatic heterocycles. The predicted molar refractivity (Wildman–Crippen MR) is 73.5 cm³/mol. The molecule has 19 heavy (non-hydrogen) atoms. The summed E-state index contributed by atoms with van der Waals surface area (Å²) in [6, 6.07) is 4.72. The van der Waals surface area contributed by atoms with Crippen LogP contribution in [0.1, 0.15) is 19.4 Å². The van der Waals surface area contributed by atoms with Crippen LogP contribution in [0.4, 0.5) is 11.4 Å². The van der Waals surface area contributed by atoms with E-state index in [4.69, 9.17) is 10.9 Å². The number of aliphatic hydroxyl groups excluding tert-OH is 1. The van der Waals surface area contributed by atoms with Crippen LogP contribution in [0.5, 0.6) is 0 Å². The van der Waals surface area contributed by atoms with Gasteiger partial charge in [0.05, 0.1) is 17.2 Å². The van der Waals surface area contributed by atoms with Crippen molar-refractivity contribution in [2.45, 2.75) is 26.4 Å². The van der Waals surface area contributed by atoms with Gasteiger partial charge in [-0.2, -0.15) is 0 Å². The van der Waals surface area contributed by atoms with Gasteiger partial charge >= 0.3 is 0 Å². The molecule has 0 heterocycles. The van der Waals surface area contributed by atoms with Crippen LogP contribution >= 0.6 is 0 Å². The summed E-state index contributed by atoms with van der Waals surface area (Å²) >= 11 is 0. The fourth-order valence-corrected chi connectivity index (χ4v) is 1.83. The Labute approximate surface area is 112 Å². The van der Waals surface area contributed by atoms with Gasteiger partial charge in [0.25, 0.3) is 5.69 Å². The molecule has 0 amide bonds. The van der Waals surface area contributed by atoms with Crippen molar-refractivity contribution in [3.63, 3.8) is 0 Å². The number of non-ortho nitro benzene ring substituents is 1. The molecule has 1 rings (SSSR count). The second-order valence-corrected chi connectivity index (χ2v) is 4.53. The average Bonchev–Trinajstić information content (AvgIpc) is 2.37. The van der Waals surface area contributed by atoms with Crippen LogP contribution < -0.4 is 11.3 Å². The number of nitro benzene ring substituents is 1. The lowest BCUT2D eigenvalue weighted by atomic mass is 10.1. The SMILES string of the molecule is CC(C)N(CCO)Cc1cc([N+](=O)[O-])ccc1NN. The monoisotopic (exact) mass is 268 g/mol. The van der Waals surface area contributed by atoms with Gasteiger partial charge in [0.2, 0.25) is 0 Å². The van der Waals surface area contributed by atoms with E-state index < -0.39 is 4.92 Å². The lowest BCUT2D eigenvalue weighted by molar-refractivity contribution is -0.384. The molecule has 1 aromatic carbocycles. The van der Waals surface area contributed by atoms with E-state index in [-0.39, 0.29) is 18.3 Å². The molecule has 0 saturated heterocycles. The average molecular weight is 268 g/mol. The third-order valence-corrected chi connectivity index (χ3v) is 2.95. The van der Waals surface area contributed by atoms with Gasteiger partial charge in [-0.1, -0.05) is 0 Å². The second kappa shape index (κ2) is 7.03. The first-order valence-corrected chi connectivity index (χ1v) is 6.08. The van der Waals surface area contributed by atoms with Crippen LogP contribution in [0, 0.1) is 10.1 Å². The summed E-state index contributed by atoms with van der Waals surface area (Å²) in [5.74, 6) is 5.41. The number of nitrogens with zero attached hydrogens (tertiary/aromatic N) is 2. The Morgan fingerprint density at radius 3 is 2.68 bits per heavy atom. The van der Waals surface area contributed by atoms with E-state index in [1.54, 1.807) is 6.07 Å². The summed E-state index contributed by atoms with van der Waals surface area (Å²) in [6.07, 6.45) is 0. The summed E-state index contributed by atoms with van der Waals surface area (Å²) < 4.78 is 0. The molecule has 0 spiro atoms. The second-order valence-electron chi connectivity index (χ2n) is 4.53. The molecule has 4 N–H and O–H groups in total. The lowest BCUT2D eigenvalue weighted by Gasteiger charge is -2.26. The minimum atomic E-state index is -0.435. The largest absolute Gasteiger partial charge is 0.395 e. The van der Waals surface area contributed by atoms with Crippen molar-refractivity contribution in [3.8, 4) is 0 Å². The molecule has 0 aliphatic rings. The molecule has 0 aliphatic heterocycles. The number of nitrogens with one attached hydrogen (secondary N) is 1. The maximum absolute atomic E-state index is 10.8. The van der Waals surface area contributed by atoms with Crippen LogP contribution in [0.3, 0.4) is 0 Å². The van der Waals surface area contributed by atoms with E-state index in [1.807, 2.05) is 18.7 Å². The Bertz CT molecular complexity index is 437. The maximum atomic E-state index is 10.8. The zero-order valence-corrected chi connectivity index (χ0v) is 11.2. The fraction of sp³-hybridized carbons (Fsp3) is 0.500. The van der Waals surface area contributed by atoms with E-state index in [0.29, 0.717) is 18.8 Å². The Morgan fingerprint density at radius 1 is 1.53 bits per heavy atom. The van der Waals surface area contributed by atoms with Gasteiger partial charge in [-0.25, -0.2) is 0 Å². The third kappa shape index (κ3) is 4.16. The quantitative estimate of drug-likeness (QED) is 0.388. The summed E-state index contributed by atoms with van der Waals surface area (Å²) in [5, 5.41) is 19.8. The number of anilines is 1. The van der Waals surface area contributed by atoms with E-state index in [1.165, 1.54) is 12.1 Å². The van der Waals surface area contributed by atoms with Crippen LogP contribution in [0.25, 0.3) is 0 Å². The predicted octanol–water partition coefficient (Wildman–Crippen LogP) is 1.08. The number of nitrogens with two attached hydrogens (primary N) is 1. The number of aliphatic hydroxyl groups is 1. The van der Waals surface area contributed by atoms with Crippen molar-refractivity contribution in [1.82, 2.24) is 4.90 Å². The van der Waals surface area contributed by atoms with Gasteiger partial charge in [0.1, 0.15) is 0 Å². The molecule has 0 fully saturated rings. The van der Waals surface area contributed by atoms with Crippen LogP contribution in [-0.2, 0) is 6.54 Å². The molecule has 106 valence electrons. The Balaban J connectivity index is 3.01. The minimum absolute atomic E-state index is 0.0294.